The number of ether oxygens (including phenoxy) is 2. The third-order valence-electron chi connectivity index (χ3n) is 4.58. The Balaban J connectivity index is 1.41. The van der Waals surface area contributed by atoms with Gasteiger partial charge in [-0.25, -0.2) is 0 Å². The van der Waals surface area contributed by atoms with E-state index in [1.807, 2.05) is 54.7 Å². The lowest BCUT2D eigenvalue weighted by molar-refractivity contribution is -0.117. The number of nitrogens with one attached hydrogen (secondary N) is 2. The van der Waals surface area contributed by atoms with E-state index in [9.17, 15) is 4.79 Å². The van der Waals surface area contributed by atoms with E-state index in [-0.39, 0.29) is 5.91 Å². The van der Waals surface area contributed by atoms with E-state index >= 15 is 0 Å². The summed E-state index contributed by atoms with van der Waals surface area (Å²) in [5.41, 5.74) is 3.79. The van der Waals surface area contributed by atoms with Crippen LogP contribution in [0.5, 0.6) is 11.5 Å². The molecule has 0 aliphatic carbocycles. The molecule has 1 aliphatic rings. The summed E-state index contributed by atoms with van der Waals surface area (Å²) >= 11 is 0. The third-order valence-corrected chi connectivity index (χ3v) is 4.58. The topological polar surface area (TPSA) is 63.3 Å². The molecule has 2 heterocycles. The van der Waals surface area contributed by atoms with E-state index in [1.54, 1.807) is 7.11 Å². The summed E-state index contributed by atoms with van der Waals surface area (Å²) in [5, 5.41) is 4.10. The Morgan fingerprint density at radius 1 is 1.27 bits per heavy atom. The summed E-state index contributed by atoms with van der Waals surface area (Å²) in [6.45, 7) is 0.856. The molecular formula is C21H20N2O3. The molecule has 1 aliphatic heterocycles. The van der Waals surface area contributed by atoms with Gasteiger partial charge in [-0.2, -0.15) is 0 Å². The second-order valence-electron chi connectivity index (χ2n) is 6.23. The lowest BCUT2D eigenvalue weighted by Gasteiger charge is -2.17. The normalized spacial score (nSPS) is 12.9. The molecule has 4 rings (SSSR count). The molecule has 5 heteroatoms. The molecule has 0 spiro atoms. The minimum absolute atomic E-state index is 0.0862. The number of methoxy groups -OCH3 is 1. The number of carbonyl (C=O) groups excluding carboxylic acids is 1. The highest BCUT2D eigenvalue weighted by Gasteiger charge is 2.16. The Kier molecular flexibility index (Phi) is 4.35. The van der Waals surface area contributed by atoms with Gasteiger partial charge in [0.15, 0.2) is 0 Å². The Bertz CT molecular complexity index is 988. The van der Waals surface area contributed by atoms with Crippen LogP contribution in [0.1, 0.15) is 11.1 Å². The molecule has 0 fully saturated rings. The molecule has 0 radical (unpaired) electrons. The predicted octanol–water partition coefficient (Wildman–Crippen LogP) is 3.31. The van der Waals surface area contributed by atoms with Gasteiger partial charge in [-0.15, -0.1) is 0 Å². The number of hydrogen-bond donors (Lipinski definition) is 2. The number of H-pyrrole nitrogens is 1. The molecule has 2 N–H and O–H groups in total. The molecule has 5 nitrogen and oxygen atoms in total. The number of aromatic nitrogens is 1. The van der Waals surface area contributed by atoms with Crippen molar-refractivity contribution in [1.82, 2.24) is 10.3 Å². The summed E-state index contributed by atoms with van der Waals surface area (Å²) in [4.78, 5) is 15.7. The van der Waals surface area contributed by atoms with Crippen molar-refractivity contribution in [1.29, 1.82) is 0 Å². The molecular weight excluding hydrogens is 328 g/mol. The van der Waals surface area contributed by atoms with Crippen LogP contribution < -0.4 is 14.8 Å². The van der Waals surface area contributed by atoms with Crippen LogP contribution in [0, 0.1) is 0 Å². The Morgan fingerprint density at radius 2 is 2.15 bits per heavy atom. The number of rotatable bonds is 5. The van der Waals surface area contributed by atoms with Crippen LogP contribution in [0.2, 0.25) is 0 Å². The zero-order valence-electron chi connectivity index (χ0n) is 14.5. The van der Waals surface area contributed by atoms with Gasteiger partial charge in [-0.3, -0.25) is 4.79 Å². The summed E-state index contributed by atoms with van der Waals surface area (Å²) in [5.74, 6) is 1.55. The summed E-state index contributed by atoms with van der Waals surface area (Å²) in [6, 6.07) is 13.7. The third kappa shape index (κ3) is 3.16. The van der Waals surface area contributed by atoms with Crippen LogP contribution in [-0.4, -0.2) is 31.2 Å². The SMILES string of the molecule is COc1ccc2[nH]cc(CCNC(=O)C3=Cc4ccccc4OC3)c2c1. The smallest absolute Gasteiger partial charge is 0.250 e. The number of carbonyl (C=O) groups is 1. The van der Waals surface area contributed by atoms with E-state index in [0.717, 1.165) is 39.9 Å². The number of amides is 1. The molecule has 3 aromatic rings. The average molecular weight is 348 g/mol. The van der Waals surface area contributed by atoms with E-state index in [1.165, 1.54) is 0 Å². The minimum Gasteiger partial charge on any atom is -0.497 e. The number of hydrogen-bond acceptors (Lipinski definition) is 3. The summed E-state index contributed by atoms with van der Waals surface area (Å²) < 4.78 is 10.9. The van der Waals surface area contributed by atoms with Gasteiger partial charge in [-0.05, 0) is 42.3 Å². The number of para-hydroxylation sites is 1. The van der Waals surface area contributed by atoms with Crippen LogP contribution in [0.4, 0.5) is 0 Å². The van der Waals surface area contributed by atoms with E-state index < -0.39 is 0 Å². The van der Waals surface area contributed by atoms with Crippen molar-refractivity contribution in [2.45, 2.75) is 6.42 Å². The second-order valence-corrected chi connectivity index (χ2v) is 6.23. The average Bonchev–Trinajstić information content (AvgIpc) is 3.09. The highest BCUT2D eigenvalue weighted by molar-refractivity contribution is 5.99. The van der Waals surface area contributed by atoms with Crippen molar-refractivity contribution in [3.05, 3.63) is 65.4 Å². The maximum atomic E-state index is 12.4. The molecule has 0 bridgehead atoms. The highest BCUT2D eigenvalue weighted by atomic mass is 16.5. The van der Waals surface area contributed by atoms with Gasteiger partial charge < -0.3 is 19.8 Å². The standard InChI is InChI=1S/C21H20N2O3/c1-25-17-6-7-19-18(11-17)15(12-23-19)8-9-22-21(24)16-10-14-4-2-3-5-20(14)26-13-16/h2-7,10-12,23H,8-9,13H2,1H3,(H,22,24). The van der Waals surface area contributed by atoms with Crippen LogP contribution in [0.3, 0.4) is 0 Å². The van der Waals surface area contributed by atoms with Crippen molar-refractivity contribution < 1.29 is 14.3 Å². The van der Waals surface area contributed by atoms with Crippen molar-refractivity contribution in [3.63, 3.8) is 0 Å². The highest BCUT2D eigenvalue weighted by Crippen LogP contribution is 2.26. The van der Waals surface area contributed by atoms with Gasteiger partial charge in [0.25, 0.3) is 5.91 Å². The number of aromatic amines is 1. The number of benzene rings is 2. The first kappa shape index (κ1) is 16.3. The molecule has 132 valence electrons. The van der Waals surface area contributed by atoms with Crippen molar-refractivity contribution in [2.24, 2.45) is 0 Å². The van der Waals surface area contributed by atoms with Crippen LogP contribution in [0.25, 0.3) is 17.0 Å². The Labute approximate surface area is 151 Å². The Hall–Kier alpha value is -3.21. The van der Waals surface area contributed by atoms with Crippen molar-refractivity contribution in [3.8, 4) is 11.5 Å². The first-order chi connectivity index (χ1) is 12.7. The fourth-order valence-corrected chi connectivity index (χ4v) is 3.16. The summed E-state index contributed by atoms with van der Waals surface area (Å²) in [6.07, 6.45) is 4.61. The van der Waals surface area contributed by atoms with Gasteiger partial charge >= 0.3 is 0 Å². The van der Waals surface area contributed by atoms with Crippen LogP contribution >= 0.6 is 0 Å². The molecule has 0 saturated carbocycles. The van der Waals surface area contributed by atoms with Crippen molar-refractivity contribution >= 4 is 22.9 Å². The van der Waals surface area contributed by atoms with Gasteiger partial charge in [0, 0.05) is 29.2 Å². The lowest BCUT2D eigenvalue weighted by atomic mass is 10.1. The lowest BCUT2D eigenvalue weighted by Crippen LogP contribution is -2.30. The second kappa shape index (κ2) is 6.96. The molecule has 1 amide bonds. The molecule has 1 aromatic heterocycles. The first-order valence-electron chi connectivity index (χ1n) is 8.59. The molecule has 0 saturated heterocycles. The van der Waals surface area contributed by atoms with E-state index in [2.05, 4.69) is 10.3 Å². The zero-order chi connectivity index (χ0) is 17.9. The van der Waals surface area contributed by atoms with Gasteiger partial charge in [0.05, 0.1) is 12.7 Å². The summed E-state index contributed by atoms with van der Waals surface area (Å²) in [7, 11) is 1.66. The fraction of sp³-hybridized carbons (Fsp3) is 0.190. The predicted molar refractivity (Wildman–Crippen MR) is 101 cm³/mol. The zero-order valence-corrected chi connectivity index (χ0v) is 14.5. The number of fused-ring (bicyclic) bond motifs is 2. The van der Waals surface area contributed by atoms with Crippen molar-refractivity contribution in [2.75, 3.05) is 20.3 Å². The van der Waals surface area contributed by atoms with Gasteiger partial charge in [0.1, 0.15) is 18.1 Å². The Morgan fingerprint density at radius 3 is 3.04 bits per heavy atom. The molecule has 2 aromatic carbocycles. The maximum Gasteiger partial charge on any atom is 0.250 e. The maximum absolute atomic E-state index is 12.4. The monoisotopic (exact) mass is 348 g/mol. The molecule has 26 heavy (non-hydrogen) atoms. The molecule has 0 atom stereocenters. The van der Waals surface area contributed by atoms with Crippen LogP contribution in [0.15, 0.2) is 54.2 Å². The first-order valence-corrected chi connectivity index (χ1v) is 8.59. The van der Waals surface area contributed by atoms with Gasteiger partial charge in [-0.1, -0.05) is 18.2 Å². The van der Waals surface area contributed by atoms with E-state index in [4.69, 9.17) is 9.47 Å². The quantitative estimate of drug-likeness (QED) is 0.743. The minimum atomic E-state index is -0.0862. The largest absolute Gasteiger partial charge is 0.497 e. The van der Waals surface area contributed by atoms with E-state index in [0.29, 0.717) is 18.7 Å². The van der Waals surface area contributed by atoms with Crippen LogP contribution in [-0.2, 0) is 11.2 Å². The van der Waals surface area contributed by atoms with Gasteiger partial charge in [0.2, 0.25) is 0 Å². The fourth-order valence-electron chi connectivity index (χ4n) is 3.16. The molecule has 0 unspecified atom stereocenters.